The van der Waals surface area contributed by atoms with Crippen molar-refractivity contribution in [3.63, 3.8) is 0 Å². The first-order valence-electron chi connectivity index (χ1n) is 6.24. The Morgan fingerprint density at radius 1 is 1.22 bits per heavy atom. The summed E-state index contributed by atoms with van der Waals surface area (Å²) in [5, 5.41) is 11.5. The van der Waals surface area contributed by atoms with Crippen LogP contribution >= 0.6 is 0 Å². The molecule has 0 bridgehead atoms. The first kappa shape index (κ1) is 16.7. The van der Waals surface area contributed by atoms with Crippen molar-refractivity contribution in [2.75, 3.05) is 0 Å². The number of carbonyl (C=O) groups excluding carboxylic acids is 1. The molecule has 0 fully saturated rings. The van der Waals surface area contributed by atoms with Crippen LogP contribution in [0.1, 0.15) is 48.0 Å². The average molecular weight is 259 g/mol. The van der Waals surface area contributed by atoms with Crippen LogP contribution in [0.5, 0.6) is 0 Å². The van der Waals surface area contributed by atoms with Crippen LogP contribution in [0.3, 0.4) is 0 Å². The standard InChI is InChI=1S/C13H25NO4/c1-8(2)11(9(3)7-10(15)16)14-12(17)18-13(4,5)6/h8-9,11H,7H2,1-6H3,(H,14,17)(H,15,16)/t9-,11+/m0/s1. The maximum Gasteiger partial charge on any atom is 0.407 e. The highest BCUT2D eigenvalue weighted by atomic mass is 16.6. The third-order valence-corrected chi connectivity index (χ3v) is 2.51. The molecule has 0 heterocycles. The summed E-state index contributed by atoms with van der Waals surface area (Å²) in [6, 6.07) is -0.212. The van der Waals surface area contributed by atoms with E-state index in [2.05, 4.69) is 5.32 Å². The molecule has 106 valence electrons. The van der Waals surface area contributed by atoms with Crippen LogP contribution in [0.25, 0.3) is 0 Å². The van der Waals surface area contributed by atoms with Gasteiger partial charge in [0, 0.05) is 12.5 Å². The van der Waals surface area contributed by atoms with Gasteiger partial charge in [-0.3, -0.25) is 4.79 Å². The summed E-state index contributed by atoms with van der Waals surface area (Å²) in [5.41, 5.74) is -0.554. The molecule has 0 aromatic heterocycles. The Morgan fingerprint density at radius 2 is 1.72 bits per heavy atom. The summed E-state index contributed by atoms with van der Waals surface area (Å²) in [6.07, 6.45) is -0.475. The van der Waals surface area contributed by atoms with E-state index in [0.717, 1.165) is 0 Å². The van der Waals surface area contributed by atoms with E-state index in [9.17, 15) is 9.59 Å². The largest absolute Gasteiger partial charge is 0.481 e. The van der Waals surface area contributed by atoms with Crippen LogP contribution in [0, 0.1) is 11.8 Å². The first-order valence-corrected chi connectivity index (χ1v) is 6.24. The van der Waals surface area contributed by atoms with Crippen molar-refractivity contribution >= 4 is 12.1 Å². The Balaban J connectivity index is 4.54. The van der Waals surface area contributed by atoms with Gasteiger partial charge in [-0.05, 0) is 32.6 Å². The molecule has 5 heteroatoms. The topological polar surface area (TPSA) is 75.6 Å². The number of amides is 1. The average Bonchev–Trinajstić information content (AvgIpc) is 2.09. The number of hydrogen-bond acceptors (Lipinski definition) is 3. The minimum absolute atomic E-state index is 0.0264. The zero-order chi connectivity index (χ0) is 14.5. The second-order valence-corrected chi connectivity index (χ2v) is 5.99. The van der Waals surface area contributed by atoms with Gasteiger partial charge in [0.1, 0.15) is 5.60 Å². The van der Waals surface area contributed by atoms with Gasteiger partial charge in [0.25, 0.3) is 0 Å². The van der Waals surface area contributed by atoms with Gasteiger partial charge in [-0.1, -0.05) is 20.8 Å². The van der Waals surface area contributed by atoms with Gasteiger partial charge in [0.05, 0.1) is 0 Å². The van der Waals surface area contributed by atoms with Gasteiger partial charge in [-0.15, -0.1) is 0 Å². The Kier molecular flexibility index (Phi) is 6.15. The lowest BCUT2D eigenvalue weighted by Crippen LogP contribution is -2.45. The molecule has 0 aliphatic carbocycles. The van der Waals surface area contributed by atoms with Crippen LogP contribution < -0.4 is 5.32 Å². The fourth-order valence-electron chi connectivity index (χ4n) is 1.81. The zero-order valence-corrected chi connectivity index (χ0v) is 12.1. The van der Waals surface area contributed by atoms with E-state index in [1.807, 2.05) is 20.8 Å². The van der Waals surface area contributed by atoms with Crippen molar-refractivity contribution < 1.29 is 19.4 Å². The van der Waals surface area contributed by atoms with Gasteiger partial charge in [-0.25, -0.2) is 4.79 Å². The Hall–Kier alpha value is -1.26. The zero-order valence-electron chi connectivity index (χ0n) is 12.1. The Bertz CT molecular complexity index is 294. The molecule has 1 amide bonds. The molecule has 0 radical (unpaired) electrons. The van der Waals surface area contributed by atoms with Crippen LogP contribution in [-0.4, -0.2) is 28.8 Å². The lowest BCUT2D eigenvalue weighted by Gasteiger charge is -2.29. The number of carboxylic acid groups (broad SMARTS) is 1. The fourth-order valence-corrected chi connectivity index (χ4v) is 1.81. The number of nitrogens with one attached hydrogen (secondary N) is 1. The van der Waals surface area contributed by atoms with Gasteiger partial charge in [-0.2, -0.15) is 0 Å². The predicted molar refractivity (Wildman–Crippen MR) is 69.4 cm³/mol. The van der Waals surface area contributed by atoms with E-state index < -0.39 is 17.7 Å². The molecule has 2 atom stereocenters. The molecule has 5 nitrogen and oxygen atoms in total. The smallest absolute Gasteiger partial charge is 0.407 e. The van der Waals surface area contributed by atoms with Crippen molar-refractivity contribution in [3.8, 4) is 0 Å². The number of rotatable bonds is 5. The molecule has 2 N–H and O–H groups in total. The molecule has 0 aliphatic heterocycles. The molecule has 0 saturated carbocycles. The summed E-state index contributed by atoms with van der Waals surface area (Å²) >= 11 is 0. The maximum absolute atomic E-state index is 11.7. The van der Waals surface area contributed by atoms with Crippen molar-refractivity contribution in [3.05, 3.63) is 0 Å². The summed E-state index contributed by atoms with van der Waals surface area (Å²) in [7, 11) is 0. The van der Waals surface area contributed by atoms with Gasteiger partial charge < -0.3 is 15.2 Å². The molecule has 0 rings (SSSR count). The number of carboxylic acids is 1. The summed E-state index contributed by atoms with van der Waals surface area (Å²) < 4.78 is 5.18. The lowest BCUT2D eigenvalue weighted by atomic mass is 9.89. The normalized spacial score (nSPS) is 15.1. The van der Waals surface area contributed by atoms with Gasteiger partial charge in [0.15, 0.2) is 0 Å². The number of hydrogen-bond donors (Lipinski definition) is 2. The highest BCUT2D eigenvalue weighted by molar-refractivity contribution is 5.69. The fraction of sp³-hybridized carbons (Fsp3) is 0.846. The SMILES string of the molecule is CC(C)[C@@H](NC(=O)OC(C)(C)C)[C@@H](C)CC(=O)O. The van der Waals surface area contributed by atoms with Crippen LogP contribution in [0.2, 0.25) is 0 Å². The van der Waals surface area contributed by atoms with Crippen molar-refractivity contribution in [1.82, 2.24) is 5.32 Å². The molecule has 0 spiro atoms. The van der Waals surface area contributed by atoms with E-state index in [0.29, 0.717) is 0 Å². The molecule has 18 heavy (non-hydrogen) atoms. The minimum atomic E-state index is -0.862. The van der Waals surface area contributed by atoms with Crippen LogP contribution in [0.4, 0.5) is 4.79 Å². The minimum Gasteiger partial charge on any atom is -0.481 e. The Labute approximate surface area is 109 Å². The lowest BCUT2D eigenvalue weighted by molar-refractivity contribution is -0.138. The molecule has 0 aromatic rings. The number of aliphatic carboxylic acids is 1. The highest BCUT2D eigenvalue weighted by Crippen LogP contribution is 2.17. The quantitative estimate of drug-likeness (QED) is 0.795. The highest BCUT2D eigenvalue weighted by Gasteiger charge is 2.26. The molecule has 0 saturated heterocycles. The number of alkyl carbamates (subject to hydrolysis) is 1. The maximum atomic E-state index is 11.7. The summed E-state index contributed by atoms with van der Waals surface area (Å²) in [4.78, 5) is 22.4. The molecular formula is C13H25NO4. The van der Waals surface area contributed by atoms with Crippen molar-refractivity contribution in [2.24, 2.45) is 11.8 Å². The third-order valence-electron chi connectivity index (χ3n) is 2.51. The first-order chi connectivity index (χ1) is 8.03. The van der Waals surface area contributed by atoms with Crippen molar-refractivity contribution in [1.29, 1.82) is 0 Å². The van der Waals surface area contributed by atoms with Gasteiger partial charge in [0.2, 0.25) is 0 Å². The Morgan fingerprint density at radius 3 is 2.06 bits per heavy atom. The van der Waals surface area contributed by atoms with E-state index in [1.165, 1.54) is 0 Å². The molecule has 0 aliphatic rings. The molecule has 0 aromatic carbocycles. The molecule has 0 unspecified atom stereocenters. The van der Waals surface area contributed by atoms with E-state index in [1.54, 1.807) is 20.8 Å². The number of ether oxygens (including phenoxy) is 1. The van der Waals surface area contributed by atoms with E-state index in [-0.39, 0.29) is 24.3 Å². The predicted octanol–water partition coefficient (Wildman–Crippen LogP) is 2.65. The van der Waals surface area contributed by atoms with E-state index >= 15 is 0 Å². The second-order valence-electron chi connectivity index (χ2n) is 5.99. The molecular weight excluding hydrogens is 234 g/mol. The van der Waals surface area contributed by atoms with E-state index in [4.69, 9.17) is 9.84 Å². The van der Waals surface area contributed by atoms with Crippen LogP contribution in [0.15, 0.2) is 0 Å². The summed E-state index contributed by atoms with van der Waals surface area (Å²) in [5.74, 6) is -0.860. The van der Waals surface area contributed by atoms with Crippen LogP contribution in [-0.2, 0) is 9.53 Å². The van der Waals surface area contributed by atoms with Gasteiger partial charge >= 0.3 is 12.1 Å². The van der Waals surface area contributed by atoms with Crippen molar-refractivity contribution in [2.45, 2.75) is 59.6 Å². The summed E-state index contributed by atoms with van der Waals surface area (Å²) in [6.45, 7) is 11.1. The monoisotopic (exact) mass is 259 g/mol. The number of carbonyl (C=O) groups is 2. The second kappa shape index (κ2) is 6.61. The third kappa shape index (κ3) is 7.14.